The lowest BCUT2D eigenvalue weighted by Gasteiger charge is -2.18. The highest BCUT2D eigenvalue weighted by Gasteiger charge is 2.20. The number of rotatable bonds is 5. The Kier molecular flexibility index (Phi) is 5.88. The van der Waals surface area contributed by atoms with Crippen molar-refractivity contribution in [1.29, 1.82) is 0 Å². The molecule has 0 fully saturated rings. The van der Waals surface area contributed by atoms with Crippen LogP contribution < -0.4 is 4.90 Å². The van der Waals surface area contributed by atoms with E-state index >= 15 is 0 Å². The molecule has 1 aromatic heterocycles. The van der Waals surface area contributed by atoms with Crippen LogP contribution in [0.4, 0.5) is 15.2 Å². The van der Waals surface area contributed by atoms with Gasteiger partial charge in [0.15, 0.2) is 5.13 Å². The van der Waals surface area contributed by atoms with Crippen LogP contribution in [0.3, 0.4) is 0 Å². The quantitative estimate of drug-likeness (QED) is 0.458. The summed E-state index contributed by atoms with van der Waals surface area (Å²) in [5.41, 5.74) is 1.08. The van der Waals surface area contributed by atoms with E-state index in [1.165, 1.54) is 29.2 Å². The highest BCUT2D eigenvalue weighted by molar-refractivity contribution is 9.10. The molecule has 1 amide bonds. The van der Waals surface area contributed by atoms with E-state index in [1.807, 2.05) is 29.6 Å². The average molecular weight is 437 g/mol. The number of thioether (sulfide) groups is 1. The van der Waals surface area contributed by atoms with Gasteiger partial charge in [0.1, 0.15) is 5.82 Å². The molecule has 0 aliphatic heterocycles. The third kappa shape index (κ3) is 4.48. The van der Waals surface area contributed by atoms with Gasteiger partial charge in [0.05, 0.1) is 11.4 Å². The van der Waals surface area contributed by atoms with E-state index in [2.05, 4.69) is 20.9 Å². The number of benzene rings is 2. The van der Waals surface area contributed by atoms with E-state index in [1.54, 1.807) is 30.0 Å². The van der Waals surface area contributed by atoms with Crippen LogP contribution >= 0.6 is 39.0 Å². The maximum Gasteiger partial charge on any atom is 0.230 e. The second-order valence-electron chi connectivity index (χ2n) is 5.17. The molecule has 0 atom stereocenters. The van der Waals surface area contributed by atoms with Crippen molar-refractivity contribution in [2.75, 3.05) is 4.90 Å². The van der Waals surface area contributed by atoms with Crippen LogP contribution in [0.5, 0.6) is 0 Å². The van der Waals surface area contributed by atoms with Crippen molar-refractivity contribution in [2.24, 2.45) is 0 Å². The van der Waals surface area contributed by atoms with Crippen molar-refractivity contribution < 1.29 is 9.18 Å². The van der Waals surface area contributed by atoms with Gasteiger partial charge in [-0.3, -0.25) is 9.69 Å². The Bertz CT molecular complexity index is 883. The molecular formula is C18H14BrFN2OS2. The monoisotopic (exact) mass is 436 g/mol. The predicted octanol–water partition coefficient (Wildman–Crippen LogP) is 6.02. The molecule has 0 saturated heterocycles. The van der Waals surface area contributed by atoms with Gasteiger partial charge in [0.25, 0.3) is 0 Å². The van der Waals surface area contributed by atoms with Gasteiger partial charge >= 0.3 is 0 Å². The number of carbonyl (C=O) groups excluding carboxylic acids is 1. The Morgan fingerprint density at radius 3 is 2.64 bits per heavy atom. The molecule has 3 aromatic rings. The van der Waals surface area contributed by atoms with Crippen LogP contribution in [-0.4, -0.2) is 10.9 Å². The molecule has 0 aliphatic rings. The molecule has 0 aliphatic carbocycles. The summed E-state index contributed by atoms with van der Waals surface area (Å²) in [6.07, 6.45) is 0. The summed E-state index contributed by atoms with van der Waals surface area (Å²) in [6, 6.07) is 14.3. The number of hydrogen-bond acceptors (Lipinski definition) is 4. The fraction of sp³-hybridized carbons (Fsp3) is 0.111. The van der Waals surface area contributed by atoms with Gasteiger partial charge in [-0.15, -0.1) is 23.1 Å². The van der Waals surface area contributed by atoms with E-state index in [0.717, 1.165) is 15.1 Å². The molecule has 0 N–H and O–H groups in total. The summed E-state index contributed by atoms with van der Waals surface area (Å²) >= 11 is 6.41. The van der Waals surface area contributed by atoms with Crippen molar-refractivity contribution in [1.82, 2.24) is 4.98 Å². The van der Waals surface area contributed by atoms with Gasteiger partial charge in [0, 0.05) is 27.4 Å². The standard InChI is InChI=1S/C18H14BrFN2OS2/c1-12(23)22(17-5-3-2-4-16(17)20)18-21-14(11-25-18)10-24-15-8-6-13(19)7-9-15/h2-9,11H,10H2,1H3. The maximum absolute atomic E-state index is 14.1. The third-order valence-corrected chi connectivity index (χ3v) is 5.79. The summed E-state index contributed by atoms with van der Waals surface area (Å²) in [6.45, 7) is 1.41. The molecule has 3 nitrogen and oxygen atoms in total. The Morgan fingerprint density at radius 2 is 1.96 bits per heavy atom. The van der Waals surface area contributed by atoms with Gasteiger partial charge in [0.2, 0.25) is 5.91 Å². The van der Waals surface area contributed by atoms with E-state index in [9.17, 15) is 9.18 Å². The lowest BCUT2D eigenvalue weighted by atomic mass is 10.3. The molecule has 3 rings (SSSR count). The first-order valence-corrected chi connectivity index (χ1v) is 10.1. The lowest BCUT2D eigenvalue weighted by molar-refractivity contribution is -0.115. The van der Waals surface area contributed by atoms with Gasteiger partial charge < -0.3 is 0 Å². The van der Waals surface area contributed by atoms with Crippen molar-refractivity contribution in [3.63, 3.8) is 0 Å². The highest BCUT2D eigenvalue weighted by Crippen LogP contribution is 2.32. The third-order valence-electron chi connectivity index (χ3n) is 3.34. The lowest BCUT2D eigenvalue weighted by Crippen LogP contribution is -2.23. The van der Waals surface area contributed by atoms with E-state index < -0.39 is 5.82 Å². The average Bonchev–Trinajstić information content (AvgIpc) is 3.04. The first-order chi connectivity index (χ1) is 12.0. The van der Waals surface area contributed by atoms with Gasteiger partial charge in [-0.2, -0.15) is 0 Å². The van der Waals surface area contributed by atoms with Gasteiger partial charge in [-0.25, -0.2) is 9.37 Å². The summed E-state index contributed by atoms with van der Waals surface area (Å²) in [4.78, 5) is 19.0. The van der Waals surface area contributed by atoms with Crippen LogP contribution in [0.2, 0.25) is 0 Å². The number of hydrogen-bond donors (Lipinski definition) is 0. The topological polar surface area (TPSA) is 33.2 Å². The molecule has 0 spiro atoms. The number of amides is 1. The zero-order chi connectivity index (χ0) is 17.8. The molecule has 7 heteroatoms. The van der Waals surface area contributed by atoms with Crippen LogP contribution in [0.1, 0.15) is 12.6 Å². The predicted molar refractivity (Wildman–Crippen MR) is 105 cm³/mol. The van der Waals surface area contributed by atoms with Crippen LogP contribution in [0, 0.1) is 5.82 Å². The molecule has 2 aromatic carbocycles. The van der Waals surface area contributed by atoms with Crippen molar-refractivity contribution in [3.05, 3.63) is 69.9 Å². The van der Waals surface area contributed by atoms with Crippen LogP contribution in [0.25, 0.3) is 0 Å². The zero-order valence-electron chi connectivity index (χ0n) is 13.3. The van der Waals surface area contributed by atoms with E-state index in [0.29, 0.717) is 10.9 Å². The minimum absolute atomic E-state index is 0.219. The summed E-state index contributed by atoms with van der Waals surface area (Å²) in [5, 5.41) is 2.38. The van der Waals surface area contributed by atoms with Crippen LogP contribution in [0.15, 0.2) is 63.3 Å². The minimum atomic E-state index is -0.446. The summed E-state index contributed by atoms with van der Waals surface area (Å²) in [7, 11) is 0. The second-order valence-corrected chi connectivity index (χ2v) is 7.97. The molecule has 0 unspecified atom stereocenters. The number of para-hydroxylation sites is 1. The first kappa shape index (κ1) is 18.1. The van der Waals surface area contributed by atoms with E-state index in [-0.39, 0.29) is 11.6 Å². The number of nitrogens with zero attached hydrogens (tertiary/aromatic N) is 2. The smallest absolute Gasteiger partial charge is 0.230 e. The van der Waals surface area contributed by atoms with Crippen molar-refractivity contribution >= 4 is 55.8 Å². The van der Waals surface area contributed by atoms with E-state index in [4.69, 9.17) is 0 Å². The Hall–Kier alpha value is -1.70. The fourth-order valence-electron chi connectivity index (χ4n) is 2.19. The molecule has 0 bridgehead atoms. The summed E-state index contributed by atoms with van der Waals surface area (Å²) < 4.78 is 15.1. The molecule has 1 heterocycles. The Labute approximate surface area is 162 Å². The van der Waals surface area contributed by atoms with Gasteiger partial charge in [-0.1, -0.05) is 28.1 Å². The Balaban J connectivity index is 1.77. The SMILES string of the molecule is CC(=O)N(c1nc(CSc2ccc(Br)cc2)cs1)c1ccccc1F. The van der Waals surface area contributed by atoms with Crippen molar-refractivity contribution in [2.45, 2.75) is 17.6 Å². The van der Waals surface area contributed by atoms with Gasteiger partial charge in [-0.05, 0) is 36.4 Å². The zero-order valence-corrected chi connectivity index (χ0v) is 16.5. The van der Waals surface area contributed by atoms with Crippen LogP contribution in [-0.2, 0) is 10.5 Å². The normalized spacial score (nSPS) is 10.7. The molecule has 25 heavy (non-hydrogen) atoms. The summed E-state index contributed by atoms with van der Waals surface area (Å²) in [5.74, 6) is -0.0357. The number of halogens is 2. The number of aromatic nitrogens is 1. The highest BCUT2D eigenvalue weighted by atomic mass is 79.9. The van der Waals surface area contributed by atoms with Crippen molar-refractivity contribution in [3.8, 4) is 0 Å². The molecule has 128 valence electrons. The molecular weight excluding hydrogens is 423 g/mol. The largest absolute Gasteiger partial charge is 0.274 e. The number of carbonyl (C=O) groups is 1. The maximum atomic E-state index is 14.1. The number of anilines is 2. The first-order valence-electron chi connectivity index (χ1n) is 7.42. The fourth-order valence-corrected chi connectivity index (χ4v) is 4.23. The molecule has 0 radical (unpaired) electrons. The Morgan fingerprint density at radius 1 is 1.24 bits per heavy atom. The second kappa shape index (κ2) is 8.12. The minimum Gasteiger partial charge on any atom is -0.274 e. The molecule has 0 saturated carbocycles. The number of thiazole rings is 1.